The van der Waals surface area contributed by atoms with Gasteiger partial charge in [-0.15, -0.1) is 0 Å². The highest BCUT2D eigenvalue weighted by molar-refractivity contribution is 5.18. The Kier molecular flexibility index (Phi) is 5.32. The fourth-order valence-corrected chi connectivity index (χ4v) is 2.32. The molecule has 1 N–H and O–H groups in total. The van der Waals surface area contributed by atoms with Gasteiger partial charge in [-0.3, -0.25) is 0 Å². The molecule has 0 saturated carbocycles. The van der Waals surface area contributed by atoms with Crippen molar-refractivity contribution in [3.05, 3.63) is 54.1 Å². The predicted molar refractivity (Wildman–Crippen MR) is 78.3 cm³/mol. The second-order valence-corrected chi connectivity index (χ2v) is 4.85. The fourth-order valence-electron chi connectivity index (χ4n) is 2.32. The molecule has 2 atom stereocenters. The number of hydrogen-bond donors (Lipinski definition) is 1. The van der Waals surface area contributed by atoms with Gasteiger partial charge in [0.1, 0.15) is 11.9 Å². The Morgan fingerprint density at radius 2 is 2.05 bits per heavy atom. The van der Waals surface area contributed by atoms with Crippen LogP contribution >= 0.6 is 0 Å². The minimum atomic E-state index is -0.533. The van der Waals surface area contributed by atoms with Gasteiger partial charge in [-0.2, -0.15) is 0 Å². The number of benzene rings is 1. The molecule has 4 heteroatoms. The fraction of sp³-hybridized carbons (Fsp3) is 0.438. The molecule has 4 nitrogen and oxygen atoms in total. The Labute approximate surface area is 120 Å². The lowest BCUT2D eigenvalue weighted by atomic mass is 10.0. The summed E-state index contributed by atoms with van der Waals surface area (Å²) < 4.78 is 7.69. The van der Waals surface area contributed by atoms with E-state index in [0.717, 1.165) is 17.8 Å². The van der Waals surface area contributed by atoms with Gasteiger partial charge in [0.15, 0.2) is 0 Å². The first kappa shape index (κ1) is 14.8. The monoisotopic (exact) mass is 274 g/mol. The van der Waals surface area contributed by atoms with Crippen molar-refractivity contribution in [2.24, 2.45) is 7.05 Å². The molecule has 0 aliphatic carbocycles. The number of aliphatic hydroxyl groups excluding tert-OH is 1. The number of imidazole rings is 1. The van der Waals surface area contributed by atoms with E-state index >= 15 is 0 Å². The van der Waals surface area contributed by atoms with E-state index in [1.807, 2.05) is 55.1 Å². The summed E-state index contributed by atoms with van der Waals surface area (Å²) in [6.07, 6.45) is 4.25. The zero-order valence-electron chi connectivity index (χ0n) is 12.1. The largest absolute Gasteiger partial charge is 0.390 e. The van der Waals surface area contributed by atoms with E-state index in [4.69, 9.17) is 4.74 Å². The number of aliphatic hydroxyl groups is 1. The first-order chi connectivity index (χ1) is 9.72. The Bertz CT molecular complexity index is 510. The van der Waals surface area contributed by atoms with Crippen molar-refractivity contribution in [1.29, 1.82) is 0 Å². The van der Waals surface area contributed by atoms with Crippen molar-refractivity contribution >= 4 is 0 Å². The molecular weight excluding hydrogens is 252 g/mol. The first-order valence-electron chi connectivity index (χ1n) is 7.03. The minimum Gasteiger partial charge on any atom is -0.390 e. The SMILES string of the molecule is CCOC(c1ccccc1)C(O)CCc1nccn1C. The second kappa shape index (κ2) is 7.22. The molecule has 0 bridgehead atoms. The van der Waals surface area contributed by atoms with Crippen molar-refractivity contribution in [2.75, 3.05) is 6.61 Å². The number of hydrogen-bond acceptors (Lipinski definition) is 3. The molecule has 2 unspecified atom stereocenters. The van der Waals surface area contributed by atoms with E-state index in [-0.39, 0.29) is 6.10 Å². The quantitative estimate of drug-likeness (QED) is 0.844. The van der Waals surface area contributed by atoms with Crippen molar-refractivity contribution in [3.63, 3.8) is 0 Å². The Morgan fingerprint density at radius 3 is 2.65 bits per heavy atom. The highest BCUT2D eigenvalue weighted by atomic mass is 16.5. The third-order valence-electron chi connectivity index (χ3n) is 3.41. The standard InChI is InChI=1S/C16H22N2O2/c1-3-20-16(13-7-5-4-6-8-13)14(19)9-10-15-17-11-12-18(15)2/h4-8,11-12,14,16,19H,3,9-10H2,1-2H3. The lowest BCUT2D eigenvalue weighted by molar-refractivity contribution is -0.0377. The maximum absolute atomic E-state index is 10.4. The summed E-state index contributed by atoms with van der Waals surface area (Å²) in [6, 6.07) is 9.88. The lowest BCUT2D eigenvalue weighted by Crippen LogP contribution is -2.22. The normalized spacial score (nSPS) is 14.2. The van der Waals surface area contributed by atoms with Crippen LogP contribution in [0.3, 0.4) is 0 Å². The molecule has 108 valence electrons. The van der Waals surface area contributed by atoms with Crippen LogP contribution in [0, 0.1) is 0 Å². The summed E-state index contributed by atoms with van der Waals surface area (Å²) in [4.78, 5) is 4.28. The molecule has 0 spiro atoms. The van der Waals surface area contributed by atoms with E-state index in [1.165, 1.54) is 0 Å². The average Bonchev–Trinajstić information content (AvgIpc) is 2.88. The van der Waals surface area contributed by atoms with Crippen LogP contribution in [0.2, 0.25) is 0 Å². The number of aromatic nitrogens is 2. The molecule has 0 radical (unpaired) electrons. The number of rotatable bonds is 7. The van der Waals surface area contributed by atoms with Crippen LogP contribution in [0.1, 0.15) is 30.8 Å². The molecule has 1 aromatic carbocycles. The van der Waals surface area contributed by atoms with Crippen LogP contribution in [0.15, 0.2) is 42.7 Å². The first-order valence-corrected chi connectivity index (χ1v) is 7.03. The average molecular weight is 274 g/mol. The van der Waals surface area contributed by atoms with E-state index < -0.39 is 6.10 Å². The van der Waals surface area contributed by atoms with Crippen LogP contribution < -0.4 is 0 Å². The van der Waals surface area contributed by atoms with Gasteiger partial charge in [-0.1, -0.05) is 30.3 Å². The Hall–Kier alpha value is -1.65. The molecule has 2 rings (SSSR count). The molecule has 1 heterocycles. The summed E-state index contributed by atoms with van der Waals surface area (Å²) >= 11 is 0. The van der Waals surface area contributed by atoms with Gasteiger partial charge in [-0.25, -0.2) is 4.98 Å². The van der Waals surface area contributed by atoms with E-state index in [0.29, 0.717) is 13.0 Å². The van der Waals surface area contributed by atoms with Crippen LogP contribution in [0.5, 0.6) is 0 Å². The zero-order valence-corrected chi connectivity index (χ0v) is 12.1. The van der Waals surface area contributed by atoms with Crippen LogP contribution in [0.4, 0.5) is 0 Å². The van der Waals surface area contributed by atoms with Gasteiger partial charge < -0.3 is 14.4 Å². The van der Waals surface area contributed by atoms with E-state index in [2.05, 4.69) is 4.98 Å². The van der Waals surface area contributed by atoms with Crippen molar-refractivity contribution in [3.8, 4) is 0 Å². The number of ether oxygens (including phenoxy) is 1. The third kappa shape index (κ3) is 3.68. The minimum absolute atomic E-state index is 0.276. The third-order valence-corrected chi connectivity index (χ3v) is 3.41. The molecular formula is C16H22N2O2. The summed E-state index contributed by atoms with van der Waals surface area (Å²) in [7, 11) is 1.96. The summed E-state index contributed by atoms with van der Waals surface area (Å²) in [5, 5.41) is 10.4. The van der Waals surface area contributed by atoms with Crippen LogP contribution in [-0.4, -0.2) is 27.4 Å². The predicted octanol–water partition coefficient (Wildman–Crippen LogP) is 2.49. The Morgan fingerprint density at radius 1 is 1.30 bits per heavy atom. The van der Waals surface area contributed by atoms with Crippen molar-refractivity contribution in [2.45, 2.75) is 32.0 Å². The second-order valence-electron chi connectivity index (χ2n) is 4.85. The van der Waals surface area contributed by atoms with E-state index in [9.17, 15) is 5.11 Å². The molecule has 0 amide bonds. The maximum atomic E-state index is 10.4. The molecule has 0 fully saturated rings. The lowest BCUT2D eigenvalue weighted by Gasteiger charge is -2.23. The topological polar surface area (TPSA) is 47.3 Å². The van der Waals surface area contributed by atoms with Gasteiger partial charge in [0, 0.05) is 32.5 Å². The number of aryl methyl sites for hydroxylation is 2. The van der Waals surface area contributed by atoms with Gasteiger partial charge in [0.2, 0.25) is 0 Å². The van der Waals surface area contributed by atoms with Crippen molar-refractivity contribution < 1.29 is 9.84 Å². The number of nitrogens with zero attached hydrogens (tertiary/aromatic N) is 2. The summed E-state index contributed by atoms with van der Waals surface area (Å²) in [5.74, 6) is 0.979. The smallest absolute Gasteiger partial charge is 0.108 e. The highest BCUT2D eigenvalue weighted by Crippen LogP contribution is 2.24. The van der Waals surface area contributed by atoms with Crippen molar-refractivity contribution in [1.82, 2.24) is 9.55 Å². The van der Waals surface area contributed by atoms with E-state index in [1.54, 1.807) is 6.20 Å². The zero-order chi connectivity index (χ0) is 14.4. The highest BCUT2D eigenvalue weighted by Gasteiger charge is 2.21. The maximum Gasteiger partial charge on any atom is 0.108 e. The molecule has 0 aliphatic rings. The van der Waals surface area contributed by atoms with Crippen LogP contribution in [0.25, 0.3) is 0 Å². The Balaban J connectivity index is 2.00. The van der Waals surface area contributed by atoms with Gasteiger partial charge in [0.25, 0.3) is 0 Å². The van der Waals surface area contributed by atoms with Gasteiger partial charge in [0.05, 0.1) is 6.10 Å². The summed E-state index contributed by atoms with van der Waals surface area (Å²) in [5.41, 5.74) is 1.02. The van der Waals surface area contributed by atoms with Crippen LogP contribution in [-0.2, 0) is 18.2 Å². The molecule has 2 aromatic rings. The summed E-state index contributed by atoms with van der Waals surface area (Å²) in [6.45, 7) is 2.53. The molecule has 1 aromatic heterocycles. The molecule has 0 aliphatic heterocycles. The van der Waals surface area contributed by atoms with Gasteiger partial charge >= 0.3 is 0 Å². The molecule has 0 saturated heterocycles. The molecule has 20 heavy (non-hydrogen) atoms. The van der Waals surface area contributed by atoms with Gasteiger partial charge in [-0.05, 0) is 18.9 Å².